The van der Waals surface area contributed by atoms with Gasteiger partial charge in [0.25, 0.3) is 0 Å². The summed E-state index contributed by atoms with van der Waals surface area (Å²) in [4.78, 5) is 25.4. The van der Waals surface area contributed by atoms with E-state index in [4.69, 9.17) is 18.9 Å². The van der Waals surface area contributed by atoms with E-state index in [0.717, 1.165) is 57.8 Å². The number of allylic oxidation sites excluding steroid dienone is 4. The van der Waals surface area contributed by atoms with Gasteiger partial charge in [-0.3, -0.25) is 9.59 Å². The molecular weight excluding hydrogens is 749 g/mol. The summed E-state index contributed by atoms with van der Waals surface area (Å²) in [6, 6.07) is 0. The summed E-state index contributed by atoms with van der Waals surface area (Å²) >= 11 is 0. The van der Waals surface area contributed by atoms with Gasteiger partial charge in [0.05, 0.1) is 13.2 Å². The van der Waals surface area contributed by atoms with Gasteiger partial charge in [0.2, 0.25) is 0 Å². The fraction of sp³-hybridized carbons (Fsp3) is 0.878. The molecule has 0 aliphatic carbocycles. The summed E-state index contributed by atoms with van der Waals surface area (Å²) in [5.41, 5.74) is 0. The standard InChI is InChI=1S/C49H90O10/c1-3-5-7-9-11-13-15-17-19-21-23-25-27-29-31-33-35-37-44(51)56-40-42(41-57-49-48(55)47(54)46(53)43(39-50)59-49)58-45(52)38-36-34-32-30-28-26-24-22-20-18-16-14-12-10-8-6-4-2/h17-20,42-43,46-50,53-55H,3-16,21-41H2,1-2H3. The number of esters is 2. The molecular formula is C49H90O10. The Labute approximate surface area is 360 Å². The van der Waals surface area contributed by atoms with Crippen molar-refractivity contribution in [3.8, 4) is 0 Å². The third-order valence-electron chi connectivity index (χ3n) is 11.3. The van der Waals surface area contributed by atoms with Gasteiger partial charge in [-0.15, -0.1) is 0 Å². The number of rotatable bonds is 41. The number of unbranched alkanes of at least 4 members (excludes halogenated alkanes) is 26. The Morgan fingerprint density at radius 3 is 1.32 bits per heavy atom. The highest BCUT2D eigenvalue weighted by molar-refractivity contribution is 5.70. The Balaban J connectivity index is 2.29. The fourth-order valence-electron chi connectivity index (χ4n) is 7.41. The zero-order valence-corrected chi connectivity index (χ0v) is 37.8. The van der Waals surface area contributed by atoms with Crippen LogP contribution in [0.2, 0.25) is 0 Å². The molecule has 6 atom stereocenters. The minimum atomic E-state index is -1.59. The number of hydrogen-bond acceptors (Lipinski definition) is 10. The molecule has 0 aromatic carbocycles. The van der Waals surface area contributed by atoms with Gasteiger partial charge in [-0.25, -0.2) is 0 Å². The fourth-order valence-corrected chi connectivity index (χ4v) is 7.41. The lowest BCUT2D eigenvalue weighted by Gasteiger charge is -2.39. The zero-order valence-electron chi connectivity index (χ0n) is 37.8. The lowest BCUT2D eigenvalue weighted by molar-refractivity contribution is -0.305. The van der Waals surface area contributed by atoms with Crippen LogP contribution in [-0.2, 0) is 28.5 Å². The van der Waals surface area contributed by atoms with Crippen molar-refractivity contribution in [3.63, 3.8) is 0 Å². The van der Waals surface area contributed by atoms with Crippen molar-refractivity contribution in [1.29, 1.82) is 0 Å². The summed E-state index contributed by atoms with van der Waals surface area (Å²) in [5, 5.41) is 40.1. The van der Waals surface area contributed by atoms with E-state index < -0.39 is 49.4 Å². The van der Waals surface area contributed by atoms with E-state index in [1.54, 1.807) is 0 Å². The molecule has 4 N–H and O–H groups in total. The zero-order chi connectivity index (χ0) is 43.0. The number of hydrogen-bond donors (Lipinski definition) is 4. The Hall–Kier alpha value is -1.82. The lowest BCUT2D eigenvalue weighted by atomic mass is 9.99. The van der Waals surface area contributed by atoms with Crippen LogP contribution in [0, 0.1) is 0 Å². The van der Waals surface area contributed by atoms with Gasteiger partial charge in [0, 0.05) is 12.8 Å². The molecule has 6 unspecified atom stereocenters. The second kappa shape index (κ2) is 40.3. The van der Waals surface area contributed by atoms with Gasteiger partial charge in [0.1, 0.15) is 31.0 Å². The average Bonchev–Trinajstić information content (AvgIpc) is 3.23. The maximum atomic E-state index is 12.8. The highest BCUT2D eigenvalue weighted by Crippen LogP contribution is 2.23. The first-order chi connectivity index (χ1) is 28.8. The first-order valence-corrected chi connectivity index (χ1v) is 24.4. The quantitative estimate of drug-likeness (QED) is 0.0266. The molecule has 1 rings (SSSR count). The molecule has 0 bridgehead atoms. The van der Waals surface area contributed by atoms with Crippen molar-refractivity contribution >= 4 is 11.9 Å². The van der Waals surface area contributed by atoms with Gasteiger partial charge in [0.15, 0.2) is 12.4 Å². The number of carbonyl (C=O) groups excluding carboxylic acids is 2. The second-order valence-corrected chi connectivity index (χ2v) is 16.9. The molecule has 0 spiro atoms. The van der Waals surface area contributed by atoms with Crippen LogP contribution in [0.1, 0.15) is 219 Å². The van der Waals surface area contributed by atoms with Crippen molar-refractivity contribution in [1.82, 2.24) is 0 Å². The van der Waals surface area contributed by atoms with Crippen molar-refractivity contribution in [2.45, 2.75) is 256 Å². The largest absolute Gasteiger partial charge is 0.462 e. The first kappa shape index (κ1) is 55.2. The van der Waals surface area contributed by atoms with E-state index >= 15 is 0 Å². The van der Waals surface area contributed by atoms with E-state index in [1.165, 1.54) is 128 Å². The van der Waals surface area contributed by atoms with Crippen LogP contribution in [0.25, 0.3) is 0 Å². The van der Waals surface area contributed by atoms with E-state index in [0.29, 0.717) is 6.42 Å². The molecule has 0 aromatic rings. The molecule has 346 valence electrons. The number of aliphatic hydroxyl groups is 4. The molecule has 10 nitrogen and oxygen atoms in total. The predicted molar refractivity (Wildman–Crippen MR) is 238 cm³/mol. The van der Waals surface area contributed by atoms with Crippen LogP contribution in [0.5, 0.6) is 0 Å². The molecule has 0 saturated carbocycles. The molecule has 10 heteroatoms. The summed E-state index contributed by atoms with van der Waals surface area (Å²) < 4.78 is 22.2. The van der Waals surface area contributed by atoms with Crippen molar-refractivity contribution in [2.75, 3.05) is 19.8 Å². The van der Waals surface area contributed by atoms with Crippen LogP contribution in [0.15, 0.2) is 24.3 Å². The number of ether oxygens (including phenoxy) is 4. The molecule has 1 saturated heterocycles. The van der Waals surface area contributed by atoms with Crippen LogP contribution in [0.4, 0.5) is 0 Å². The van der Waals surface area contributed by atoms with Gasteiger partial charge in [-0.05, 0) is 64.2 Å². The molecule has 0 amide bonds. The highest BCUT2D eigenvalue weighted by Gasteiger charge is 2.44. The molecule has 59 heavy (non-hydrogen) atoms. The number of carbonyl (C=O) groups is 2. The van der Waals surface area contributed by atoms with Crippen LogP contribution < -0.4 is 0 Å². The first-order valence-electron chi connectivity index (χ1n) is 24.4. The maximum Gasteiger partial charge on any atom is 0.306 e. The normalized spacial score (nSPS) is 20.1. The van der Waals surface area contributed by atoms with E-state index in [1.807, 2.05) is 0 Å². The van der Waals surface area contributed by atoms with E-state index in [9.17, 15) is 30.0 Å². The van der Waals surface area contributed by atoms with Crippen LogP contribution in [-0.4, -0.2) is 89.0 Å². The SMILES string of the molecule is CCCCCCCCC=CCCCCCCCCCC(=O)OCC(COC1OC(CO)C(O)C(O)C1O)OC(=O)CCCCCCCCCC=CCCCCCCCC. The summed E-state index contributed by atoms with van der Waals surface area (Å²) in [6.45, 7) is 3.43. The third kappa shape index (κ3) is 31.7. The topological polar surface area (TPSA) is 152 Å². The molecule has 1 fully saturated rings. The van der Waals surface area contributed by atoms with E-state index in [-0.39, 0.29) is 32.0 Å². The van der Waals surface area contributed by atoms with Gasteiger partial charge in [-0.1, -0.05) is 167 Å². The Morgan fingerprint density at radius 2 is 0.898 bits per heavy atom. The molecule has 1 aliphatic heterocycles. The minimum Gasteiger partial charge on any atom is -0.462 e. The Morgan fingerprint density at radius 1 is 0.508 bits per heavy atom. The van der Waals surface area contributed by atoms with Crippen LogP contribution >= 0.6 is 0 Å². The van der Waals surface area contributed by atoms with Crippen molar-refractivity contribution in [2.24, 2.45) is 0 Å². The van der Waals surface area contributed by atoms with Crippen molar-refractivity contribution in [3.05, 3.63) is 24.3 Å². The third-order valence-corrected chi connectivity index (χ3v) is 11.3. The van der Waals surface area contributed by atoms with Gasteiger partial charge >= 0.3 is 11.9 Å². The lowest BCUT2D eigenvalue weighted by Crippen LogP contribution is -2.59. The van der Waals surface area contributed by atoms with E-state index in [2.05, 4.69) is 38.2 Å². The Kier molecular flexibility index (Phi) is 37.7. The molecule has 1 heterocycles. The summed E-state index contributed by atoms with van der Waals surface area (Å²) in [5.74, 6) is -0.809. The summed E-state index contributed by atoms with van der Waals surface area (Å²) in [6.07, 6.45) is 37.5. The van der Waals surface area contributed by atoms with Gasteiger partial charge < -0.3 is 39.4 Å². The molecule has 0 radical (unpaired) electrons. The maximum absolute atomic E-state index is 12.8. The summed E-state index contributed by atoms with van der Waals surface area (Å²) in [7, 11) is 0. The second-order valence-electron chi connectivity index (χ2n) is 16.9. The molecule has 0 aromatic heterocycles. The van der Waals surface area contributed by atoms with Gasteiger partial charge in [-0.2, -0.15) is 0 Å². The number of aliphatic hydroxyl groups excluding tert-OH is 4. The smallest absolute Gasteiger partial charge is 0.306 e. The average molecular weight is 839 g/mol. The minimum absolute atomic E-state index is 0.219. The van der Waals surface area contributed by atoms with Crippen molar-refractivity contribution < 1.29 is 49.0 Å². The Bertz CT molecular complexity index is 1020. The van der Waals surface area contributed by atoms with Crippen LogP contribution in [0.3, 0.4) is 0 Å². The highest BCUT2D eigenvalue weighted by atomic mass is 16.7. The predicted octanol–water partition coefficient (Wildman–Crippen LogP) is 10.9. The monoisotopic (exact) mass is 839 g/mol. The molecule has 1 aliphatic rings.